The first-order chi connectivity index (χ1) is 6.59. The van der Waals surface area contributed by atoms with Crippen LogP contribution in [0.2, 0.25) is 0 Å². The summed E-state index contributed by atoms with van der Waals surface area (Å²) in [6.07, 6.45) is 0. The van der Waals surface area contributed by atoms with Gasteiger partial charge in [0.25, 0.3) is 5.78 Å². The van der Waals surface area contributed by atoms with Crippen molar-refractivity contribution < 1.29 is 9.90 Å². The lowest BCUT2D eigenvalue weighted by Crippen LogP contribution is -2.25. The van der Waals surface area contributed by atoms with Gasteiger partial charge in [0, 0.05) is 0 Å². The van der Waals surface area contributed by atoms with E-state index in [1.807, 2.05) is 0 Å². The molecule has 2 aromatic heterocycles. The number of H-pyrrole nitrogens is 1. The predicted octanol–water partition coefficient (Wildman–Crippen LogP) is -1.18. The Morgan fingerprint density at radius 2 is 2.21 bits per heavy atom. The molecule has 0 aliphatic carbocycles. The maximum absolute atomic E-state index is 11.4. The van der Waals surface area contributed by atoms with E-state index >= 15 is 0 Å². The van der Waals surface area contributed by atoms with Gasteiger partial charge in [-0.2, -0.15) is 9.50 Å². The van der Waals surface area contributed by atoms with Gasteiger partial charge >= 0.3 is 11.5 Å². The number of fused-ring (bicyclic) bond motifs is 1. The Hall–Kier alpha value is -2.25. The molecular weight excluding hydrogens is 190 g/mol. The predicted molar refractivity (Wildman–Crippen MR) is 43.1 cm³/mol. The van der Waals surface area contributed by atoms with Crippen molar-refractivity contribution in [3.63, 3.8) is 0 Å². The summed E-state index contributed by atoms with van der Waals surface area (Å²) in [7, 11) is 0. The maximum atomic E-state index is 11.4. The molecule has 72 valence electrons. The molecule has 2 N–H and O–H groups in total. The minimum atomic E-state index is -1.41. The first kappa shape index (κ1) is 8.35. The monoisotopic (exact) mass is 195 g/mol. The number of aromatic nitrogens is 5. The van der Waals surface area contributed by atoms with Crippen LogP contribution in [0.4, 0.5) is 0 Å². The van der Waals surface area contributed by atoms with Crippen LogP contribution in [0.5, 0.6) is 0 Å². The highest BCUT2D eigenvalue weighted by molar-refractivity contribution is 5.84. The zero-order chi connectivity index (χ0) is 10.3. The van der Waals surface area contributed by atoms with Gasteiger partial charge in [-0.15, -0.1) is 10.2 Å². The van der Waals surface area contributed by atoms with Crippen molar-refractivity contribution >= 4 is 11.7 Å². The van der Waals surface area contributed by atoms with Gasteiger partial charge in [0.1, 0.15) is 5.82 Å². The molecule has 0 aliphatic heterocycles. The van der Waals surface area contributed by atoms with Crippen molar-refractivity contribution in [2.24, 2.45) is 0 Å². The van der Waals surface area contributed by atoms with Crippen LogP contribution in [0.3, 0.4) is 0 Å². The molecule has 0 radical (unpaired) electrons. The summed E-state index contributed by atoms with van der Waals surface area (Å²) in [4.78, 5) is 25.7. The molecule has 0 saturated carbocycles. The molecule has 8 nitrogen and oxygen atoms in total. The molecule has 2 heterocycles. The number of rotatable bonds is 1. The fourth-order valence-electron chi connectivity index (χ4n) is 1.02. The quantitative estimate of drug-likeness (QED) is 0.592. The Kier molecular flexibility index (Phi) is 1.56. The third-order valence-corrected chi connectivity index (χ3v) is 1.59. The highest BCUT2D eigenvalue weighted by Gasteiger charge is 2.15. The number of hydrogen-bond acceptors (Lipinski definition) is 5. The number of aryl methyl sites for hydroxylation is 1. The van der Waals surface area contributed by atoms with Gasteiger partial charge in [-0.05, 0) is 6.92 Å². The average Bonchev–Trinajstić information content (AvgIpc) is 2.46. The second kappa shape index (κ2) is 2.62. The van der Waals surface area contributed by atoms with Crippen LogP contribution < -0.4 is 5.56 Å². The highest BCUT2D eigenvalue weighted by atomic mass is 16.4. The molecular formula is C6H5N5O3. The van der Waals surface area contributed by atoms with E-state index in [4.69, 9.17) is 5.11 Å². The van der Waals surface area contributed by atoms with Crippen molar-refractivity contribution in [1.82, 2.24) is 24.8 Å². The van der Waals surface area contributed by atoms with Gasteiger partial charge in [0.05, 0.1) is 0 Å². The average molecular weight is 195 g/mol. The fourth-order valence-corrected chi connectivity index (χ4v) is 1.02. The summed E-state index contributed by atoms with van der Waals surface area (Å²) in [5.74, 6) is -0.902. The number of aromatic carboxylic acids is 1. The van der Waals surface area contributed by atoms with Crippen LogP contribution in [0.25, 0.3) is 5.78 Å². The standard InChI is InChI=1S/C6H5N5O3/c1-2-7-6-9-8-3(5(13)14)4(12)11(6)10-2/h1H3,(H,13,14)(H,7,9,10). The molecule has 0 saturated heterocycles. The van der Waals surface area contributed by atoms with Crippen LogP contribution in [0, 0.1) is 6.92 Å². The second-order valence-electron chi connectivity index (χ2n) is 2.60. The van der Waals surface area contributed by atoms with Crippen molar-refractivity contribution in [2.45, 2.75) is 6.92 Å². The Bertz CT molecular complexity index is 568. The van der Waals surface area contributed by atoms with E-state index in [9.17, 15) is 9.59 Å². The van der Waals surface area contributed by atoms with Gasteiger partial charge in [0.2, 0.25) is 5.69 Å². The van der Waals surface area contributed by atoms with Crippen molar-refractivity contribution in [3.8, 4) is 0 Å². The number of hydrogen-bond donors (Lipinski definition) is 2. The van der Waals surface area contributed by atoms with E-state index in [0.717, 1.165) is 4.52 Å². The summed E-state index contributed by atoms with van der Waals surface area (Å²) in [6.45, 7) is 1.62. The topological polar surface area (TPSA) is 113 Å². The summed E-state index contributed by atoms with van der Waals surface area (Å²) < 4.78 is 0.936. The molecule has 0 bridgehead atoms. The van der Waals surface area contributed by atoms with Crippen LogP contribution >= 0.6 is 0 Å². The Morgan fingerprint density at radius 3 is 2.86 bits per heavy atom. The Morgan fingerprint density at radius 1 is 1.50 bits per heavy atom. The number of carboxylic acid groups (broad SMARTS) is 1. The fraction of sp³-hybridized carbons (Fsp3) is 0.167. The lowest BCUT2D eigenvalue weighted by molar-refractivity contribution is 0.0686. The van der Waals surface area contributed by atoms with E-state index in [1.165, 1.54) is 0 Å². The molecule has 0 spiro atoms. The van der Waals surface area contributed by atoms with Crippen molar-refractivity contribution in [3.05, 3.63) is 21.9 Å². The van der Waals surface area contributed by atoms with Gasteiger partial charge in [0.15, 0.2) is 0 Å². The van der Waals surface area contributed by atoms with Gasteiger partial charge in [-0.3, -0.25) is 9.89 Å². The highest BCUT2D eigenvalue weighted by Crippen LogP contribution is 1.92. The molecule has 0 amide bonds. The number of carbonyl (C=O) groups is 1. The molecule has 0 aliphatic rings. The molecule has 14 heavy (non-hydrogen) atoms. The maximum Gasteiger partial charge on any atom is 0.362 e. The summed E-state index contributed by atoms with van der Waals surface area (Å²) in [6, 6.07) is 0. The van der Waals surface area contributed by atoms with Crippen LogP contribution in [0.1, 0.15) is 16.3 Å². The lowest BCUT2D eigenvalue weighted by Gasteiger charge is -1.91. The van der Waals surface area contributed by atoms with E-state index in [0.29, 0.717) is 5.82 Å². The zero-order valence-electron chi connectivity index (χ0n) is 7.05. The largest absolute Gasteiger partial charge is 0.476 e. The van der Waals surface area contributed by atoms with Crippen molar-refractivity contribution in [1.29, 1.82) is 0 Å². The van der Waals surface area contributed by atoms with Gasteiger partial charge < -0.3 is 5.11 Å². The first-order valence-electron chi connectivity index (χ1n) is 3.65. The third-order valence-electron chi connectivity index (χ3n) is 1.59. The number of nitrogens with one attached hydrogen (secondary N) is 1. The minimum absolute atomic E-state index is 0.0532. The molecule has 0 aromatic carbocycles. The number of nitrogens with zero attached hydrogens (tertiary/aromatic N) is 4. The first-order valence-corrected chi connectivity index (χ1v) is 3.65. The molecule has 2 aromatic rings. The molecule has 0 unspecified atom stereocenters. The SMILES string of the molecule is Cc1nc2nnc(C(=O)O)c(=O)n2[nH]1. The lowest BCUT2D eigenvalue weighted by atomic mass is 10.5. The van der Waals surface area contributed by atoms with E-state index < -0.39 is 17.2 Å². The molecule has 0 atom stereocenters. The second-order valence-corrected chi connectivity index (χ2v) is 2.60. The van der Waals surface area contributed by atoms with Crippen molar-refractivity contribution in [2.75, 3.05) is 0 Å². The summed E-state index contributed by atoms with van der Waals surface area (Å²) >= 11 is 0. The van der Waals surface area contributed by atoms with E-state index in [2.05, 4.69) is 20.3 Å². The Balaban J connectivity index is 2.88. The van der Waals surface area contributed by atoms with E-state index in [-0.39, 0.29) is 5.78 Å². The van der Waals surface area contributed by atoms with Gasteiger partial charge in [-0.1, -0.05) is 0 Å². The Labute approximate surface area is 76.2 Å². The van der Waals surface area contributed by atoms with Crippen LogP contribution in [-0.2, 0) is 0 Å². The molecule has 2 rings (SSSR count). The number of aromatic amines is 1. The zero-order valence-corrected chi connectivity index (χ0v) is 7.05. The number of carboxylic acids is 1. The normalized spacial score (nSPS) is 10.6. The van der Waals surface area contributed by atoms with Crippen LogP contribution in [-0.4, -0.2) is 35.9 Å². The van der Waals surface area contributed by atoms with Crippen LogP contribution in [0.15, 0.2) is 4.79 Å². The molecule has 0 fully saturated rings. The van der Waals surface area contributed by atoms with Gasteiger partial charge in [-0.25, -0.2) is 4.79 Å². The summed E-state index contributed by atoms with van der Waals surface area (Å²) in [5.41, 5.74) is -1.41. The van der Waals surface area contributed by atoms with E-state index in [1.54, 1.807) is 6.92 Å². The molecule has 8 heteroatoms. The smallest absolute Gasteiger partial charge is 0.362 e. The summed E-state index contributed by atoms with van der Waals surface area (Å²) in [5, 5.41) is 17.9. The third kappa shape index (κ3) is 1.04. The minimum Gasteiger partial charge on any atom is -0.476 e.